The maximum atomic E-state index is 10.7. The number of hydrogen-bond donors (Lipinski definition) is 12. The number of nitrogens with zero attached hydrogens (tertiary/aromatic N) is 6. The van der Waals surface area contributed by atoms with Crippen LogP contribution in [0.3, 0.4) is 0 Å². The second kappa shape index (κ2) is 71.5. The topological polar surface area (TPSA) is 327 Å². The summed E-state index contributed by atoms with van der Waals surface area (Å²) in [5.74, 6) is 2.53. The van der Waals surface area contributed by atoms with Crippen molar-refractivity contribution in [2.24, 2.45) is 47.3 Å². The van der Waals surface area contributed by atoms with Crippen LogP contribution in [0.25, 0.3) is 31.9 Å². The molecule has 0 bridgehead atoms. The molecule has 12 N–H and O–H groups in total. The van der Waals surface area contributed by atoms with Crippen molar-refractivity contribution in [3.8, 4) is 0 Å². The van der Waals surface area contributed by atoms with E-state index in [1.54, 1.807) is 30.5 Å². The van der Waals surface area contributed by atoms with E-state index in [-0.39, 0.29) is 111 Å². The van der Waals surface area contributed by atoms with Crippen molar-refractivity contribution in [1.82, 2.24) is 0 Å². The van der Waals surface area contributed by atoms with E-state index in [4.69, 9.17) is 0 Å². The normalized spacial score (nSPS) is 25.1. The van der Waals surface area contributed by atoms with Gasteiger partial charge in [-0.05, 0) is 198 Å². The Hall–Kier alpha value is -2.22. The molecule has 0 spiro atoms. The largest absolute Gasteiger partial charge is 2.00 e. The third-order valence-electron chi connectivity index (χ3n) is 27.8. The van der Waals surface area contributed by atoms with Gasteiger partial charge in [-0.25, -0.2) is 0 Å². The number of aliphatic hydroxyl groups is 12. The van der Waals surface area contributed by atoms with Gasteiger partial charge in [-0.1, -0.05) is 270 Å². The molecule has 18 nitrogen and oxygen atoms in total. The summed E-state index contributed by atoms with van der Waals surface area (Å²) in [6, 6.07) is 25.5. The molecule has 5 saturated heterocycles. The number of allylic oxidation sites excluding steroid dienone is 2. The van der Waals surface area contributed by atoms with Gasteiger partial charge < -0.3 is 93.2 Å². The number of piperidine rings is 5. The van der Waals surface area contributed by atoms with Gasteiger partial charge in [-0.2, -0.15) is 6.20 Å². The van der Waals surface area contributed by atoms with Crippen LogP contribution in [0.1, 0.15) is 361 Å². The minimum atomic E-state index is -0.809. The Morgan fingerprint density at radius 1 is 0.211 bits per heavy atom. The van der Waals surface area contributed by atoms with Gasteiger partial charge in [0.15, 0.2) is 0 Å². The molecule has 12 aliphatic rings. The molecule has 6 aliphatic heterocycles. The van der Waals surface area contributed by atoms with E-state index in [0.717, 1.165) is 186 Å². The first kappa shape index (κ1) is 113. The molecule has 11 fully saturated rings. The van der Waals surface area contributed by atoms with Gasteiger partial charge in [0, 0.05) is 12.8 Å². The Bertz CT molecular complexity index is 2550. The van der Waals surface area contributed by atoms with Gasteiger partial charge in [0.05, 0.1) is 73.2 Å². The Balaban J connectivity index is 0.000000316. The Labute approximate surface area is 777 Å². The zero-order valence-electron chi connectivity index (χ0n) is 75.4. The van der Waals surface area contributed by atoms with Crippen molar-refractivity contribution in [3.05, 3.63) is 164 Å². The van der Waals surface area contributed by atoms with Crippen molar-refractivity contribution >= 4 is 0 Å². The monoisotopic (exact) mass is 1850 g/mol. The minimum Gasteiger partial charge on any atom is -0.687 e. The molecule has 15 rings (SSSR count). The van der Waals surface area contributed by atoms with E-state index in [2.05, 4.69) is 31.9 Å². The minimum absolute atomic E-state index is 0. The third kappa shape index (κ3) is 49.2. The quantitative estimate of drug-likeness (QED) is 0.0398. The molecule has 3 aromatic carbocycles. The summed E-state index contributed by atoms with van der Waals surface area (Å²) in [6.45, 7) is 12.1. The summed E-state index contributed by atoms with van der Waals surface area (Å²) >= 11 is 0. The van der Waals surface area contributed by atoms with E-state index in [1.165, 1.54) is 173 Å². The zero-order chi connectivity index (χ0) is 85.3. The molecule has 12 atom stereocenters. The maximum absolute atomic E-state index is 10.7. The van der Waals surface area contributed by atoms with Crippen LogP contribution in [0.5, 0.6) is 0 Å². The summed E-state index contributed by atoms with van der Waals surface area (Å²) in [7, 11) is 0. The molecule has 12 unspecified atom stereocenters. The number of benzene rings is 3. The second-order valence-corrected chi connectivity index (χ2v) is 37.2. The SMILES string of the molecule is C1=CC[N-]C=C1.C1CC[N-]CC1.C1CC[N-]CC1.C1CC[N-]CC1.C1CC[N-]CC1.C1CC[N-]CC1.OC(CC(O)C1CCC(C(O)CC(O)C2CCCCC2)CC1)C1CCCCC1.OC(CC(O)C1CCC(C(O)CC(O)C2CCCCC2)CC1)C1CCCCC1.OC(CC(O)c1ccc(C(O)CC(O)c2ccccc2)cc1)c1ccccc1.[Co+2].[Co+2].[Co+2]. The summed E-state index contributed by atoms with van der Waals surface area (Å²) in [5.41, 5.74) is 2.89. The van der Waals surface area contributed by atoms with Gasteiger partial charge in [0.25, 0.3) is 0 Å². The summed E-state index contributed by atoms with van der Waals surface area (Å²) < 4.78 is 0. The van der Waals surface area contributed by atoms with Crippen LogP contribution in [-0.2, 0) is 50.3 Å². The molecule has 123 heavy (non-hydrogen) atoms. The van der Waals surface area contributed by atoms with Crippen LogP contribution in [0.4, 0.5) is 0 Å². The summed E-state index contributed by atoms with van der Waals surface area (Å²) in [6.07, 6.45) is 55.5. The van der Waals surface area contributed by atoms with E-state index in [9.17, 15) is 61.3 Å². The predicted octanol–water partition coefficient (Wildman–Crippen LogP) is 21.5. The van der Waals surface area contributed by atoms with Crippen LogP contribution >= 0.6 is 0 Å². The average molecular weight is 1850 g/mol. The van der Waals surface area contributed by atoms with Crippen molar-refractivity contribution < 1.29 is 112 Å². The van der Waals surface area contributed by atoms with Gasteiger partial charge in [-0.3, -0.25) is 0 Å². The molecule has 707 valence electrons. The first-order valence-electron chi connectivity index (χ1n) is 49.1. The fourth-order valence-electron chi connectivity index (χ4n) is 19.7. The molecular formula is C102H170Co3N6O12. The molecule has 6 aliphatic carbocycles. The van der Waals surface area contributed by atoms with Crippen LogP contribution < -0.4 is 0 Å². The van der Waals surface area contributed by atoms with Gasteiger partial charge in [0.1, 0.15) is 0 Å². The zero-order valence-corrected chi connectivity index (χ0v) is 78.5. The van der Waals surface area contributed by atoms with E-state index < -0.39 is 48.8 Å². The smallest absolute Gasteiger partial charge is 0.687 e. The van der Waals surface area contributed by atoms with Crippen molar-refractivity contribution in [2.45, 2.75) is 388 Å². The van der Waals surface area contributed by atoms with Crippen LogP contribution in [0.2, 0.25) is 0 Å². The van der Waals surface area contributed by atoms with Crippen molar-refractivity contribution in [3.63, 3.8) is 0 Å². The molecule has 21 heteroatoms. The first-order chi connectivity index (χ1) is 58.6. The summed E-state index contributed by atoms with van der Waals surface area (Å²) in [4.78, 5) is 0. The standard InChI is InChI=1S/2C24H44O4.C24H26O4.5C5H10N.C5H6N.3Co/c3*25-21(17-7-3-1-4-8-17)15-23(27)19-11-13-20(14-12-19)24(28)16-22(26)18-9-5-2-6-10-18;6*1-2-4-6-5-3-1;;;/h2*17-28H,1-16H2;1-14,21-28H,15-16H2;5*1-5H2;1-4H,5H2;;;/q;;;6*-1;3*+2. The van der Waals surface area contributed by atoms with E-state index in [0.29, 0.717) is 60.5 Å². The fourth-order valence-corrected chi connectivity index (χ4v) is 19.7. The Morgan fingerprint density at radius 3 is 0.545 bits per heavy atom. The second-order valence-electron chi connectivity index (χ2n) is 37.2. The summed E-state index contributed by atoms with van der Waals surface area (Å²) in [5, 5.41) is 151. The Morgan fingerprint density at radius 2 is 0.398 bits per heavy atom. The average Bonchev–Trinajstić information content (AvgIpc) is 0.852. The molecular weight excluding hydrogens is 1680 g/mol. The number of hydrogen-bond acceptors (Lipinski definition) is 12. The van der Waals surface area contributed by atoms with Gasteiger partial charge >= 0.3 is 50.3 Å². The van der Waals surface area contributed by atoms with Crippen molar-refractivity contribution in [1.29, 1.82) is 0 Å². The molecule has 6 saturated carbocycles. The van der Waals surface area contributed by atoms with E-state index >= 15 is 0 Å². The Kier molecular flexibility index (Phi) is 65.7. The van der Waals surface area contributed by atoms with E-state index in [1.807, 2.05) is 78.9 Å². The molecule has 6 heterocycles. The molecule has 0 aromatic heterocycles. The molecule has 0 amide bonds. The fraction of sp³-hybridized carbons (Fsp3) is 0.784. The van der Waals surface area contributed by atoms with Crippen molar-refractivity contribution in [2.75, 3.05) is 72.0 Å². The number of aliphatic hydroxyl groups excluding tert-OH is 12. The maximum Gasteiger partial charge on any atom is 2.00 e. The first-order valence-corrected chi connectivity index (χ1v) is 49.1. The van der Waals surface area contributed by atoms with Crippen LogP contribution in [-0.4, -0.2) is 182 Å². The van der Waals surface area contributed by atoms with Crippen LogP contribution in [0.15, 0.2) is 109 Å². The van der Waals surface area contributed by atoms with Crippen LogP contribution in [0, 0.1) is 47.3 Å². The third-order valence-corrected chi connectivity index (χ3v) is 27.8. The molecule has 3 aromatic rings. The van der Waals surface area contributed by atoms with Gasteiger partial charge in [-0.15, -0.1) is 78.1 Å². The predicted molar refractivity (Wildman–Crippen MR) is 493 cm³/mol. The molecule has 3 radical (unpaired) electrons. The number of rotatable bonds is 24. The van der Waals surface area contributed by atoms with Gasteiger partial charge in [0.2, 0.25) is 0 Å².